The monoisotopic (exact) mass is 193 g/mol. The number of benzene rings is 1. The highest BCUT2D eigenvalue weighted by molar-refractivity contribution is 7.22. The van der Waals surface area contributed by atoms with Gasteiger partial charge >= 0.3 is 0 Å². The van der Waals surface area contributed by atoms with Gasteiger partial charge in [-0.2, -0.15) is 0 Å². The van der Waals surface area contributed by atoms with Gasteiger partial charge in [0.1, 0.15) is 0 Å². The molecule has 1 heterocycles. The van der Waals surface area contributed by atoms with Crippen LogP contribution in [0.25, 0.3) is 10.2 Å². The van der Waals surface area contributed by atoms with E-state index in [4.69, 9.17) is 5.73 Å². The number of nitrogens with zero attached hydrogens (tertiary/aromatic N) is 2. The van der Waals surface area contributed by atoms with Crippen molar-refractivity contribution in [1.82, 2.24) is 4.98 Å². The molecule has 0 radical (unpaired) electrons. The first-order valence-corrected chi connectivity index (χ1v) is 4.82. The minimum atomic E-state index is 0.630. The van der Waals surface area contributed by atoms with Crippen LogP contribution in [0.5, 0.6) is 0 Å². The van der Waals surface area contributed by atoms with Crippen molar-refractivity contribution in [1.29, 1.82) is 0 Å². The molecule has 13 heavy (non-hydrogen) atoms. The second-order valence-corrected chi connectivity index (χ2v) is 4.16. The van der Waals surface area contributed by atoms with E-state index in [0.29, 0.717) is 5.13 Å². The molecule has 0 aliphatic heterocycles. The zero-order valence-corrected chi connectivity index (χ0v) is 8.43. The van der Waals surface area contributed by atoms with Gasteiger partial charge in [0.05, 0.1) is 10.2 Å². The molecule has 2 rings (SSSR count). The minimum Gasteiger partial charge on any atom is -0.378 e. The third kappa shape index (κ3) is 1.45. The summed E-state index contributed by atoms with van der Waals surface area (Å²) in [6.07, 6.45) is 0. The van der Waals surface area contributed by atoms with Crippen LogP contribution in [0.2, 0.25) is 0 Å². The molecule has 68 valence electrons. The summed E-state index contributed by atoms with van der Waals surface area (Å²) in [5.74, 6) is 0. The standard InChI is InChI=1S/C9H11N3S/c1-12(2)6-3-4-7-8(5-6)13-9(10)11-7/h3-5H,1-2H3,(H2,10,11). The molecular weight excluding hydrogens is 182 g/mol. The summed E-state index contributed by atoms with van der Waals surface area (Å²) < 4.78 is 1.14. The predicted molar refractivity (Wildman–Crippen MR) is 58.4 cm³/mol. The Hall–Kier alpha value is -1.29. The highest BCUT2D eigenvalue weighted by Gasteiger charge is 2.02. The number of anilines is 2. The van der Waals surface area contributed by atoms with E-state index in [1.54, 1.807) is 0 Å². The van der Waals surface area contributed by atoms with Crippen molar-refractivity contribution in [2.24, 2.45) is 0 Å². The molecule has 1 aromatic heterocycles. The number of fused-ring (bicyclic) bond motifs is 1. The SMILES string of the molecule is CN(C)c1ccc2nc(N)sc2c1. The molecule has 3 nitrogen and oxygen atoms in total. The maximum absolute atomic E-state index is 5.61. The van der Waals surface area contributed by atoms with Gasteiger partial charge in [-0.25, -0.2) is 4.98 Å². The highest BCUT2D eigenvalue weighted by atomic mass is 32.1. The van der Waals surface area contributed by atoms with Crippen LogP contribution in [0.4, 0.5) is 10.8 Å². The fourth-order valence-corrected chi connectivity index (χ4v) is 1.98. The van der Waals surface area contributed by atoms with E-state index in [1.807, 2.05) is 26.2 Å². The summed E-state index contributed by atoms with van der Waals surface area (Å²) in [7, 11) is 4.04. The van der Waals surface area contributed by atoms with Crippen LogP contribution in [0.1, 0.15) is 0 Å². The van der Waals surface area contributed by atoms with E-state index in [-0.39, 0.29) is 0 Å². The number of nitrogen functional groups attached to an aromatic ring is 1. The molecule has 0 bridgehead atoms. The average molecular weight is 193 g/mol. The van der Waals surface area contributed by atoms with E-state index in [2.05, 4.69) is 16.0 Å². The Balaban J connectivity index is 2.61. The Morgan fingerprint density at radius 3 is 2.85 bits per heavy atom. The number of hydrogen-bond acceptors (Lipinski definition) is 4. The molecule has 2 N–H and O–H groups in total. The lowest BCUT2D eigenvalue weighted by Gasteiger charge is -2.11. The molecule has 0 saturated carbocycles. The van der Waals surface area contributed by atoms with Gasteiger partial charge in [0.15, 0.2) is 5.13 Å². The molecule has 0 fully saturated rings. The van der Waals surface area contributed by atoms with Gasteiger partial charge in [-0.05, 0) is 18.2 Å². The van der Waals surface area contributed by atoms with Crippen LogP contribution in [-0.4, -0.2) is 19.1 Å². The molecule has 0 aliphatic carbocycles. The molecule has 2 aromatic rings. The van der Waals surface area contributed by atoms with Gasteiger partial charge < -0.3 is 10.6 Å². The number of nitrogens with two attached hydrogens (primary N) is 1. The first kappa shape index (κ1) is 8.31. The molecule has 0 amide bonds. The maximum atomic E-state index is 5.61. The third-order valence-electron chi connectivity index (χ3n) is 1.90. The second kappa shape index (κ2) is 2.88. The lowest BCUT2D eigenvalue weighted by Crippen LogP contribution is -2.07. The average Bonchev–Trinajstić information content (AvgIpc) is 2.42. The number of rotatable bonds is 1. The fraction of sp³-hybridized carbons (Fsp3) is 0.222. The van der Waals surface area contributed by atoms with Gasteiger partial charge in [0.2, 0.25) is 0 Å². The first-order chi connectivity index (χ1) is 6.16. The topological polar surface area (TPSA) is 42.2 Å². The van der Waals surface area contributed by atoms with Crippen LogP contribution in [-0.2, 0) is 0 Å². The van der Waals surface area contributed by atoms with Crippen LogP contribution in [0, 0.1) is 0 Å². The Morgan fingerprint density at radius 1 is 1.38 bits per heavy atom. The molecule has 4 heteroatoms. The second-order valence-electron chi connectivity index (χ2n) is 3.10. The van der Waals surface area contributed by atoms with Gasteiger partial charge in [0, 0.05) is 19.8 Å². The van der Waals surface area contributed by atoms with Crippen molar-refractivity contribution in [2.45, 2.75) is 0 Å². The summed E-state index contributed by atoms with van der Waals surface area (Å²) in [5, 5.41) is 0.630. The van der Waals surface area contributed by atoms with Gasteiger partial charge in [-0.15, -0.1) is 0 Å². The van der Waals surface area contributed by atoms with Crippen LogP contribution < -0.4 is 10.6 Å². The Kier molecular flexibility index (Phi) is 1.84. The fourth-order valence-electron chi connectivity index (χ4n) is 1.21. The zero-order chi connectivity index (χ0) is 9.42. The smallest absolute Gasteiger partial charge is 0.181 e. The largest absolute Gasteiger partial charge is 0.378 e. The van der Waals surface area contributed by atoms with E-state index in [0.717, 1.165) is 10.2 Å². The molecule has 1 aromatic carbocycles. The molecule has 0 spiro atoms. The van der Waals surface area contributed by atoms with Gasteiger partial charge in [-0.3, -0.25) is 0 Å². The highest BCUT2D eigenvalue weighted by Crippen LogP contribution is 2.27. The number of aromatic nitrogens is 1. The van der Waals surface area contributed by atoms with Crippen molar-refractivity contribution in [2.75, 3.05) is 24.7 Å². The van der Waals surface area contributed by atoms with E-state index in [9.17, 15) is 0 Å². The van der Waals surface area contributed by atoms with E-state index in [1.165, 1.54) is 17.0 Å². The molecule has 0 aliphatic rings. The maximum Gasteiger partial charge on any atom is 0.181 e. The lowest BCUT2D eigenvalue weighted by molar-refractivity contribution is 1.14. The minimum absolute atomic E-state index is 0.630. The van der Waals surface area contributed by atoms with E-state index < -0.39 is 0 Å². The van der Waals surface area contributed by atoms with Gasteiger partial charge in [-0.1, -0.05) is 11.3 Å². The Bertz CT molecular complexity index is 433. The van der Waals surface area contributed by atoms with Crippen molar-refractivity contribution in [3.05, 3.63) is 18.2 Å². The lowest BCUT2D eigenvalue weighted by atomic mass is 10.3. The summed E-state index contributed by atoms with van der Waals surface area (Å²) in [4.78, 5) is 6.26. The van der Waals surface area contributed by atoms with Crippen LogP contribution >= 0.6 is 11.3 Å². The van der Waals surface area contributed by atoms with Crippen LogP contribution in [0.15, 0.2) is 18.2 Å². The van der Waals surface area contributed by atoms with Crippen molar-refractivity contribution in [3.8, 4) is 0 Å². The van der Waals surface area contributed by atoms with Crippen molar-refractivity contribution >= 4 is 32.4 Å². The molecule has 0 saturated heterocycles. The zero-order valence-electron chi connectivity index (χ0n) is 7.61. The first-order valence-electron chi connectivity index (χ1n) is 4.00. The van der Waals surface area contributed by atoms with Gasteiger partial charge in [0.25, 0.3) is 0 Å². The number of hydrogen-bond donors (Lipinski definition) is 1. The summed E-state index contributed by atoms with van der Waals surface area (Å²) in [6, 6.07) is 6.14. The number of thiazole rings is 1. The molecule has 0 unspecified atom stereocenters. The quantitative estimate of drug-likeness (QED) is 0.752. The predicted octanol–water partition coefficient (Wildman–Crippen LogP) is 1.94. The van der Waals surface area contributed by atoms with Crippen molar-refractivity contribution in [3.63, 3.8) is 0 Å². The molecule has 0 atom stereocenters. The van der Waals surface area contributed by atoms with E-state index >= 15 is 0 Å². The third-order valence-corrected chi connectivity index (χ3v) is 2.75. The Labute approximate surface area is 80.8 Å². The summed E-state index contributed by atoms with van der Waals surface area (Å²) in [6.45, 7) is 0. The van der Waals surface area contributed by atoms with Crippen molar-refractivity contribution < 1.29 is 0 Å². The summed E-state index contributed by atoms with van der Waals surface area (Å²) in [5.41, 5.74) is 7.77. The Morgan fingerprint density at radius 2 is 2.15 bits per heavy atom. The summed E-state index contributed by atoms with van der Waals surface area (Å²) >= 11 is 1.52. The normalized spacial score (nSPS) is 10.6. The van der Waals surface area contributed by atoms with Crippen LogP contribution in [0.3, 0.4) is 0 Å². The molecular formula is C9H11N3S.